The fraction of sp³-hybridized carbons (Fsp3) is 0.346. The average Bonchev–Trinajstić information content (AvgIpc) is 2.84. The second-order valence-electron chi connectivity index (χ2n) is 9.06. The Labute approximate surface area is 211 Å². The number of ether oxygens (including phenoxy) is 2. The van der Waals surface area contributed by atoms with Crippen molar-refractivity contribution in [1.82, 2.24) is 10.3 Å². The number of nitrogens with one attached hydrogen (secondary N) is 1. The Balaban J connectivity index is 1.97. The van der Waals surface area contributed by atoms with Gasteiger partial charge in [0.25, 0.3) is 5.91 Å². The largest absolute Gasteiger partial charge is 0.573 e. The molecule has 0 saturated carbocycles. The number of carbonyl (C=O) groups excluding carboxylic acids is 1. The number of aromatic nitrogens is 1. The number of hydrogen-bond acceptors (Lipinski definition) is 6. The van der Waals surface area contributed by atoms with Crippen LogP contribution in [0.5, 0.6) is 11.5 Å². The molecule has 0 aliphatic rings. The molecular formula is C26H27F3N2O6. The summed E-state index contributed by atoms with van der Waals surface area (Å²) in [5, 5.41) is 22.9. The maximum atomic E-state index is 13.3. The maximum Gasteiger partial charge on any atom is 0.573 e. The van der Waals surface area contributed by atoms with Crippen molar-refractivity contribution in [2.45, 2.75) is 52.8 Å². The van der Waals surface area contributed by atoms with Crippen LogP contribution in [0.4, 0.5) is 13.2 Å². The number of aliphatic hydroxyl groups excluding tert-OH is 1. The van der Waals surface area contributed by atoms with Crippen LogP contribution in [0.15, 0.2) is 48.7 Å². The number of benzene rings is 2. The van der Waals surface area contributed by atoms with Gasteiger partial charge < -0.3 is 25.0 Å². The zero-order valence-electron chi connectivity index (χ0n) is 20.4. The van der Waals surface area contributed by atoms with Gasteiger partial charge in [0.05, 0.1) is 17.9 Å². The van der Waals surface area contributed by atoms with Crippen LogP contribution in [0.2, 0.25) is 0 Å². The predicted molar refractivity (Wildman–Crippen MR) is 128 cm³/mol. The summed E-state index contributed by atoms with van der Waals surface area (Å²) in [6, 6.07) is 8.52. The van der Waals surface area contributed by atoms with Crippen molar-refractivity contribution in [2.75, 3.05) is 0 Å². The van der Waals surface area contributed by atoms with Gasteiger partial charge in [0.1, 0.15) is 24.1 Å². The normalized spacial score (nSPS) is 12.7. The first-order valence-corrected chi connectivity index (χ1v) is 11.4. The Morgan fingerprint density at radius 1 is 1.11 bits per heavy atom. The second kappa shape index (κ2) is 11.0. The molecule has 1 aromatic heterocycles. The van der Waals surface area contributed by atoms with Crippen molar-refractivity contribution in [3.05, 3.63) is 65.5 Å². The van der Waals surface area contributed by atoms with Crippen molar-refractivity contribution in [1.29, 1.82) is 0 Å². The van der Waals surface area contributed by atoms with E-state index in [2.05, 4.69) is 15.0 Å². The summed E-state index contributed by atoms with van der Waals surface area (Å²) in [4.78, 5) is 29.3. The van der Waals surface area contributed by atoms with E-state index in [1.165, 1.54) is 24.4 Å². The lowest BCUT2D eigenvalue weighted by atomic mass is 9.81. The molecule has 0 bridgehead atoms. The van der Waals surface area contributed by atoms with E-state index in [0.717, 1.165) is 12.1 Å². The zero-order valence-corrected chi connectivity index (χ0v) is 20.4. The number of fused-ring (bicyclic) bond motifs is 1. The van der Waals surface area contributed by atoms with Crippen LogP contribution in [0.3, 0.4) is 0 Å². The van der Waals surface area contributed by atoms with Crippen LogP contribution >= 0.6 is 0 Å². The summed E-state index contributed by atoms with van der Waals surface area (Å²) >= 11 is 0. The van der Waals surface area contributed by atoms with Crippen molar-refractivity contribution >= 4 is 22.6 Å². The van der Waals surface area contributed by atoms with E-state index in [-0.39, 0.29) is 24.5 Å². The number of aliphatic carboxylic acids is 1. The summed E-state index contributed by atoms with van der Waals surface area (Å²) in [6.07, 6.45) is -2.83. The first-order chi connectivity index (χ1) is 17.3. The molecule has 1 atom stereocenters. The number of carbonyl (C=O) groups is 2. The fourth-order valence-corrected chi connectivity index (χ4v) is 3.60. The number of carboxylic acids is 1. The Morgan fingerprint density at radius 2 is 1.78 bits per heavy atom. The number of rotatable bonds is 10. The van der Waals surface area contributed by atoms with E-state index in [4.69, 9.17) is 4.74 Å². The van der Waals surface area contributed by atoms with Gasteiger partial charge in [-0.25, -0.2) is 4.79 Å². The molecule has 1 heterocycles. The van der Waals surface area contributed by atoms with Crippen LogP contribution in [0, 0.1) is 5.41 Å². The van der Waals surface area contributed by atoms with E-state index >= 15 is 0 Å². The van der Waals surface area contributed by atoms with Crippen molar-refractivity contribution in [3.8, 4) is 11.5 Å². The van der Waals surface area contributed by atoms with Crippen molar-refractivity contribution in [3.63, 3.8) is 0 Å². The smallest absolute Gasteiger partial charge is 0.487 e. The van der Waals surface area contributed by atoms with Gasteiger partial charge in [-0.3, -0.25) is 9.78 Å². The van der Waals surface area contributed by atoms with Gasteiger partial charge in [-0.15, -0.1) is 13.2 Å². The van der Waals surface area contributed by atoms with Gasteiger partial charge in [0.2, 0.25) is 0 Å². The Kier molecular flexibility index (Phi) is 8.27. The first-order valence-electron chi connectivity index (χ1n) is 11.4. The molecule has 3 aromatic rings. The molecule has 1 amide bonds. The highest BCUT2D eigenvalue weighted by Crippen LogP contribution is 2.33. The van der Waals surface area contributed by atoms with E-state index in [1.807, 2.05) is 6.92 Å². The summed E-state index contributed by atoms with van der Waals surface area (Å²) < 4.78 is 47.1. The second-order valence-corrected chi connectivity index (χ2v) is 9.06. The Bertz CT molecular complexity index is 1280. The number of aliphatic hydroxyl groups is 1. The molecule has 0 radical (unpaired) electrons. The van der Waals surface area contributed by atoms with Crippen molar-refractivity contribution in [2.24, 2.45) is 5.41 Å². The lowest BCUT2D eigenvalue weighted by Gasteiger charge is -2.31. The van der Waals surface area contributed by atoms with Crippen molar-refractivity contribution < 1.29 is 42.4 Å². The van der Waals surface area contributed by atoms with Crippen LogP contribution in [0.1, 0.15) is 48.8 Å². The number of hydrogen-bond donors (Lipinski definition) is 3. The third kappa shape index (κ3) is 6.88. The number of pyridine rings is 1. The first kappa shape index (κ1) is 27.7. The standard InChI is InChI=1S/C26H27F3N2O6/c1-4-25(2,3)22(24(34)35)31-23(33)19-10-7-16-12-30-17(13-32)11-20(16)21(19)36-14-15-5-8-18(9-6-15)37-26(27,28)29/h5-12,22,32H,4,13-14H2,1-3H3,(H,31,33)(H,34,35)/t22-/m1/s1. The number of amides is 1. The van der Waals surface area contributed by atoms with Crippen LogP contribution in [0.25, 0.3) is 10.8 Å². The summed E-state index contributed by atoms with van der Waals surface area (Å²) in [7, 11) is 0. The third-order valence-corrected chi connectivity index (χ3v) is 6.07. The molecule has 8 nitrogen and oxygen atoms in total. The topological polar surface area (TPSA) is 118 Å². The molecule has 37 heavy (non-hydrogen) atoms. The van der Waals surface area contributed by atoms with Gasteiger partial charge in [-0.05, 0) is 41.7 Å². The molecule has 0 spiro atoms. The molecule has 0 fully saturated rings. The van der Waals surface area contributed by atoms with Crippen LogP contribution < -0.4 is 14.8 Å². The molecule has 0 unspecified atom stereocenters. The highest BCUT2D eigenvalue weighted by molar-refractivity contribution is 6.04. The number of halogens is 3. The predicted octanol–water partition coefficient (Wildman–Crippen LogP) is 4.82. The minimum Gasteiger partial charge on any atom is -0.487 e. The van der Waals surface area contributed by atoms with Gasteiger partial charge in [0, 0.05) is 17.0 Å². The molecule has 198 valence electrons. The molecule has 0 saturated heterocycles. The van der Waals surface area contributed by atoms with E-state index in [9.17, 15) is 33.0 Å². The molecule has 2 aromatic carbocycles. The van der Waals surface area contributed by atoms with Crippen LogP contribution in [-0.4, -0.2) is 39.5 Å². The lowest BCUT2D eigenvalue weighted by molar-refractivity contribution is -0.274. The molecule has 3 N–H and O–H groups in total. The quantitative estimate of drug-likeness (QED) is 0.351. The SMILES string of the molecule is CCC(C)(C)[C@H](NC(=O)c1ccc2cnc(CO)cc2c1OCc1ccc(OC(F)(F)F)cc1)C(=O)O. The number of carboxylic acid groups (broad SMARTS) is 1. The molecule has 0 aliphatic heterocycles. The van der Waals surface area contributed by atoms with E-state index in [0.29, 0.717) is 28.5 Å². The minimum absolute atomic E-state index is 0.0535. The summed E-state index contributed by atoms with van der Waals surface area (Å²) in [5.41, 5.74) is 0.120. The highest BCUT2D eigenvalue weighted by atomic mass is 19.4. The highest BCUT2D eigenvalue weighted by Gasteiger charge is 2.36. The molecule has 3 rings (SSSR count). The summed E-state index contributed by atoms with van der Waals surface area (Å²) in [5.74, 6) is -2.14. The van der Waals surface area contributed by atoms with Crippen LogP contribution in [-0.2, 0) is 18.0 Å². The number of nitrogens with zero attached hydrogens (tertiary/aromatic N) is 1. The monoisotopic (exact) mass is 520 g/mol. The minimum atomic E-state index is -4.82. The Morgan fingerprint density at radius 3 is 2.35 bits per heavy atom. The van der Waals surface area contributed by atoms with Gasteiger partial charge in [-0.1, -0.05) is 39.0 Å². The van der Waals surface area contributed by atoms with Gasteiger partial charge in [0.15, 0.2) is 0 Å². The van der Waals surface area contributed by atoms with E-state index in [1.54, 1.807) is 26.0 Å². The molecule has 0 aliphatic carbocycles. The van der Waals surface area contributed by atoms with Gasteiger partial charge in [-0.2, -0.15) is 0 Å². The molecular weight excluding hydrogens is 493 g/mol. The lowest BCUT2D eigenvalue weighted by Crippen LogP contribution is -2.50. The maximum absolute atomic E-state index is 13.3. The van der Waals surface area contributed by atoms with E-state index < -0.39 is 35.4 Å². The number of alkyl halides is 3. The zero-order chi connectivity index (χ0) is 27.4. The average molecular weight is 521 g/mol. The Hall–Kier alpha value is -3.86. The summed E-state index contributed by atoms with van der Waals surface area (Å²) in [6.45, 7) is 4.80. The third-order valence-electron chi connectivity index (χ3n) is 6.07. The van der Waals surface area contributed by atoms with Gasteiger partial charge >= 0.3 is 12.3 Å². The fourth-order valence-electron chi connectivity index (χ4n) is 3.60. The molecule has 11 heteroatoms.